The maximum absolute atomic E-state index is 11.6. The fraction of sp³-hybridized carbons (Fsp3) is 0.133. The lowest BCUT2D eigenvalue weighted by Gasteiger charge is -2.03. The van der Waals surface area contributed by atoms with Gasteiger partial charge in [0.25, 0.3) is 0 Å². The average molecular weight is 511 g/mol. The van der Waals surface area contributed by atoms with Gasteiger partial charge >= 0.3 is 5.97 Å². The molecule has 2 N–H and O–H groups in total. The third-order valence-electron chi connectivity index (χ3n) is 2.85. The van der Waals surface area contributed by atoms with Crippen LogP contribution < -0.4 is 5.73 Å². The Morgan fingerprint density at radius 1 is 1.20 bits per heavy atom. The van der Waals surface area contributed by atoms with E-state index < -0.39 is 5.97 Å². The van der Waals surface area contributed by atoms with Gasteiger partial charge in [-0.15, -0.1) is 0 Å². The van der Waals surface area contributed by atoms with E-state index in [1.807, 2.05) is 0 Å². The Bertz CT molecular complexity index is 918. The van der Waals surface area contributed by atoms with E-state index in [4.69, 9.17) is 33.7 Å². The lowest BCUT2D eigenvalue weighted by Crippen LogP contribution is -2.07. The van der Waals surface area contributed by atoms with Crippen molar-refractivity contribution in [2.45, 2.75) is 6.92 Å². The monoisotopic (exact) mass is 508 g/mol. The normalized spacial score (nSPS) is 10.3. The maximum atomic E-state index is 11.6. The molecule has 0 saturated heterocycles. The van der Waals surface area contributed by atoms with Crippen molar-refractivity contribution < 1.29 is 9.53 Å². The Morgan fingerprint density at radius 2 is 1.88 bits per heavy atom. The van der Waals surface area contributed by atoms with E-state index in [0.717, 1.165) is 8.95 Å². The molecule has 0 radical (unpaired) electrons. The summed E-state index contributed by atoms with van der Waals surface area (Å²) in [5, 5.41) is 1.10. The number of carbonyl (C=O) groups excluding carboxylic acids is 1. The number of anilines is 1. The standard InChI is InChI=1S/C10H8BrClN2O2.C5H4BrClN2/c1-2-16-10(15)8-4-13-9-7(11)3-6(12)5-14(8)9;6-4-1-3(7)2-9-5(4)8/h3-5H,2H2,1H3;1-2H,(H2,8,9). The summed E-state index contributed by atoms with van der Waals surface area (Å²) in [4.78, 5) is 19.5. The minimum atomic E-state index is -0.413. The van der Waals surface area contributed by atoms with E-state index in [0.29, 0.717) is 33.8 Å². The lowest BCUT2D eigenvalue weighted by atomic mass is 10.4. The second-order valence-corrected chi connectivity index (χ2v) is 7.17. The van der Waals surface area contributed by atoms with Crippen molar-refractivity contribution in [2.24, 2.45) is 0 Å². The molecular formula is C15H12Br2Cl2N4O2. The predicted molar refractivity (Wildman–Crippen MR) is 105 cm³/mol. The second kappa shape index (κ2) is 8.84. The fourth-order valence-corrected chi connectivity index (χ4v) is 3.31. The first-order valence-electron chi connectivity index (χ1n) is 6.89. The molecule has 3 aromatic rings. The number of aromatic nitrogens is 3. The van der Waals surface area contributed by atoms with E-state index in [-0.39, 0.29) is 0 Å². The Hall–Kier alpha value is -1.35. The molecule has 3 aromatic heterocycles. The van der Waals surface area contributed by atoms with Crippen LogP contribution in [0.4, 0.5) is 5.82 Å². The number of hydrogen-bond acceptors (Lipinski definition) is 5. The van der Waals surface area contributed by atoms with Gasteiger partial charge < -0.3 is 10.5 Å². The van der Waals surface area contributed by atoms with Gasteiger partial charge in [0.2, 0.25) is 0 Å². The van der Waals surface area contributed by atoms with E-state index in [2.05, 4.69) is 41.8 Å². The number of imidazole rings is 1. The Labute approximate surface area is 170 Å². The number of pyridine rings is 2. The number of halogens is 4. The third kappa shape index (κ3) is 5.07. The summed E-state index contributed by atoms with van der Waals surface area (Å²) in [6.07, 6.45) is 4.59. The molecular weight excluding hydrogens is 499 g/mol. The SMILES string of the molecule is CCOC(=O)c1cnc2c(Br)cc(Cl)cn12.Nc1ncc(Cl)cc1Br. The third-order valence-corrected chi connectivity index (χ3v) is 4.48. The number of carbonyl (C=O) groups is 1. The molecule has 0 aliphatic rings. The van der Waals surface area contributed by atoms with Crippen LogP contribution in [0.15, 0.2) is 39.7 Å². The number of hydrogen-bond donors (Lipinski definition) is 1. The van der Waals surface area contributed by atoms with Crippen molar-refractivity contribution in [1.82, 2.24) is 14.4 Å². The van der Waals surface area contributed by atoms with Gasteiger partial charge in [0.15, 0.2) is 11.3 Å². The number of nitrogens with two attached hydrogens (primary N) is 1. The molecule has 0 unspecified atom stereocenters. The molecule has 0 atom stereocenters. The second-order valence-electron chi connectivity index (χ2n) is 4.58. The van der Waals surface area contributed by atoms with Gasteiger partial charge in [0.05, 0.1) is 31.8 Å². The highest BCUT2D eigenvalue weighted by atomic mass is 79.9. The predicted octanol–water partition coefficient (Wildman–Crippen LogP) is 5.01. The van der Waals surface area contributed by atoms with Crippen LogP contribution in [0.5, 0.6) is 0 Å². The number of esters is 1. The minimum Gasteiger partial charge on any atom is -0.461 e. The van der Waals surface area contributed by atoms with Gasteiger partial charge in [-0.05, 0) is 50.9 Å². The van der Waals surface area contributed by atoms with E-state index >= 15 is 0 Å². The van der Waals surface area contributed by atoms with Crippen LogP contribution in [0.25, 0.3) is 5.65 Å². The van der Waals surface area contributed by atoms with Gasteiger partial charge in [-0.1, -0.05) is 23.2 Å². The van der Waals surface area contributed by atoms with Crippen LogP contribution in [0.2, 0.25) is 10.0 Å². The van der Waals surface area contributed by atoms with Crippen LogP contribution in [0, 0.1) is 0 Å². The number of rotatable bonds is 2. The van der Waals surface area contributed by atoms with Crippen molar-refractivity contribution in [3.05, 3.63) is 55.4 Å². The number of nitrogens with zero attached hydrogens (tertiary/aromatic N) is 3. The van der Waals surface area contributed by atoms with Crippen molar-refractivity contribution in [3.63, 3.8) is 0 Å². The van der Waals surface area contributed by atoms with Crippen LogP contribution in [0.3, 0.4) is 0 Å². The maximum Gasteiger partial charge on any atom is 0.356 e. The number of fused-ring (bicyclic) bond motifs is 1. The van der Waals surface area contributed by atoms with Gasteiger partial charge in [-0.2, -0.15) is 0 Å². The topological polar surface area (TPSA) is 82.5 Å². The Balaban J connectivity index is 0.000000212. The Kier molecular flexibility index (Phi) is 7.06. The summed E-state index contributed by atoms with van der Waals surface area (Å²) in [5.74, 6) is 0.0450. The van der Waals surface area contributed by atoms with Gasteiger partial charge in [0.1, 0.15) is 5.82 Å². The number of ether oxygens (including phenoxy) is 1. The molecule has 0 aromatic carbocycles. The molecule has 3 heterocycles. The molecule has 132 valence electrons. The van der Waals surface area contributed by atoms with E-state index in [1.165, 1.54) is 12.4 Å². The molecule has 3 rings (SSSR count). The quantitative estimate of drug-likeness (QED) is 0.490. The smallest absolute Gasteiger partial charge is 0.356 e. The highest BCUT2D eigenvalue weighted by Gasteiger charge is 2.14. The van der Waals surface area contributed by atoms with Gasteiger partial charge in [0, 0.05) is 12.4 Å². The molecule has 0 aliphatic carbocycles. The van der Waals surface area contributed by atoms with Crippen molar-refractivity contribution in [2.75, 3.05) is 12.3 Å². The van der Waals surface area contributed by atoms with Crippen LogP contribution in [-0.4, -0.2) is 26.9 Å². The van der Waals surface area contributed by atoms with Crippen LogP contribution in [0.1, 0.15) is 17.4 Å². The first-order valence-corrected chi connectivity index (χ1v) is 9.23. The summed E-state index contributed by atoms with van der Waals surface area (Å²) >= 11 is 18.0. The zero-order valence-electron chi connectivity index (χ0n) is 12.8. The lowest BCUT2D eigenvalue weighted by molar-refractivity contribution is 0.0518. The van der Waals surface area contributed by atoms with Crippen molar-refractivity contribution >= 4 is 72.5 Å². The van der Waals surface area contributed by atoms with Crippen LogP contribution in [-0.2, 0) is 4.74 Å². The summed E-state index contributed by atoms with van der Waals surface area (Å²) in [6.45, 7) is 2.08. The largest absolute Gasteiger partial charge is 0.461 e. The molecule has 6 nitrogen and oxygen atoms in total. The van der Waals surface area contributed by atoms with E-state index in [1.54, 1.807) is 29.7 Å². The molecule has 0 bridgehead atoms. The zero-order chi connectivity index (χ0) is 18.6. The average Bonchev–Trinajstić information content (AvgIpc) is 2.96. The highest BCUT2D eigenvalue weighted by Crippen LogP contribution is 2.23. The fourth-order valence-electron chi connectivity index (χ4n) is 1.80. The van der Waals surface area contributed by atoms with Crippen molar-refractivity contribution in [3.8, 4) is 0 Å². The van der Waals surface area contributed by atoms with Crippen LogP contribution >= 0.6 is 55.1 Å². The molecule has 0 aliphatic heterocycles. The first kappa shape index (κ1) is 20.0. The Morgan fingerprint density at radius 3 is 2.48 bits per heavy atom. The summed E-state index contributed by atoms with van der Waals surface area (Å²) in [6, 6.07) is 3.42. The first-order chi connectivity index (χ1) is 11.8. The summed E-state index contributed by atoms with van der Waals surface area (Å²) in [5.41, 5.74) is 6.37. The molecule has 0 fully saturated rings. The number of nitrogen functional groups attached to an aromatic ring is 1. The van der Waals surface area contributed by atoms with Crippen molar-refractivity contribution in [1.29, 1.82) is 0 Å². The molecule has 0 saturated carbocycles. The van der Waals surface area contributed by atoms with E-state index in [9.17, 15) is 4.79 Å². The minimum absolute atomic E-state index is 0.327. The molecule has 25 heavy (non-hydrogen) atoms. The highest BCUT2D eigenvalue weighted by molar-refractivity contribution is 9.11. The molecule has 10 heteroatoms. The molecule has 0 amide bonds. The van der Waals surface area contributed by atoms with Gasteiger partial charge in [-0.25, -0.2) is 14.8 Å². The summed E-state index contributed by atoms with van der Waals surface area (Å²) < 4.78 is 7.98. The van der Waals surface area contributed by atoms with Gasteiger partial charge in [-0.3, -0.25) is 4.40 Å². The summed E-state index contributed by atoms with van der Waals surface area (Å²) in [7, 11) is 0. The molecule has 0 spiro atoms. The zero-order valence-corrected chi connectivity index (χ0v) is 17.5.